The Morgan fingerprint density at radius 1 is 1.12 bits per heavy atom. The molecule has 0 aromatic carbocycles. The maximum absolute atomic E-state index is 4.87. The third-order valence-corrected chi connectivity index (χ3v) is 4.28. The van der Waals surface area contributed by atoms with E-state index >= 15 is 0 Å². The predicted octanol–water partition coefficient (Wildman–Crippen LogP) is 7.48. The molecule has 0 fully saturated rings. The van der Waals surface area contributed by atoms with Gasteiger partial charge in [0.1, 0.15) is 0 Å². The lowest BCUT2D eigenvalue weighted by Crippen LogP contribution is -1.97. The van der Waals surface area contributed by atoms with Crippen molar-refractivity contribution >= 4 is 11.6 Å². The van der Waals surface area contributed by atoms with Crippen molar-refractivity contribution in [2.75, 3.05) is 0 Å². The molecular formula is C24H37N. The van der Waals surface area contributed by atoms with E-state index < -0.39 is 0 Å². The molecule has 1 heterocycles. The number of rotatable bonds is 8. The lowest BCUT2D eigenvalue weighted by atomic mass is 9.97. The van der Waals surface area contributed by atoms with Gasteiger partial charge in [0.2, 0.25) is 0 Å². The molecule has 0 saturated heterocycles. The zero-order valence-electron chi connectivity index (χ0n) is 17.6. The number of pyridine rings is 1. The minimum Gasteiger partial charge on any atom is -0.253 e. The molecule has 1 unspecified atom stereocenters. The maximum atomic E-state index is 4.87. The molecule has 0 amide bonds. The van der Waals surface area contributed by atoms with E-state index in [-0.39, 0.29) is 0 Å². The average molecular weight is 340 g/mol. The third-order valence-electron chi connectivity index (χ3n) is 4.28. The zero-order chi connectivity index (χ0) is 19.0. The fraction of sp³-hybridized carbons (Fsp3) is 0.542. The Hall–Kier alpha value is -1.63. The lowest BCUT2D eigenvalue weighted by Gasteiger charge is -2.10. The largest absolute Gasteiger partial charge is 0.253 e. The summed E-state index contributed by atoms with van der Waals surface area (Å²) in [6, 6.07) is 4.37. The molecule has 0 saturated carbocycles. The molecule has 0 aliphatic carbocycles. The Labute approximate surface area is 156 Å². The fourth-order valence-electron chi connectivity index (χ4n) is 3.22. The normalized spacial score (nSPS) is 14.8. The Morgan fingerprint density at radius 3 is 2.32 bits per heavy atom. The summed E-state index contributed by atoms with van der Waals surface area (Å²) in [6.07, 6.45) is 11.4. The van der Waals surface area contributed by atoms with Gasteiger partial charge in [-0.15, -0.1) is 0 Å². The van der Waals surface area contributed by atoms with Crippen molar-refractivity contribution in [3.8, 4) is 0 Å². The molecular weight excluding hydrogens is 302 g/mol. The van der Waals surface area contributed by atoms with E-state index in [1.165, 1.54) is 23.1 Å². The van der Waals surface area contributed by atoms with Gasteiger partial charge in [-0.3, -0.25) is 4.98 Å². The van der Waals surface area contributed by atoms with Crippen molar-refractivity contribution in [1.82, 2.24) is 4.98 Å². The Kier molecular flexibility index (Phi) is 8.89. The SMILES string of the molecule is CC/C(=C\C(C)=C/C(C)C)c1ccc(/C=C\C(C)CC(C)C)c(C)n1. The molecule has 0 spiro atoms. The van der Waals surface area contributed by atoms with Gasteiger partial charge >= 0.3 is 0 Å². The van der Waals surface area contributed by atoms with Gasteiger partial charge in [0.05, 0.1) is 5.69 Å². The Bertz CT molecular complexity index is 629. The summed E-state index contributed by atoms with van der Waals surface area (Å²) in [6.45, 7) is 17.8. The van der Waals surface area contributed by atoms with Crippen LogP contribution in [0.2, 0.25) is 0 Å². The van der Waals surface area contributed by atoms with Crippen LogP contribution in [-0.2, 0) is 0 Å². The highest BCUT2D eigenvalue weighted by Gasteiger charge is 2.06. The zero-order valence-corrected chi connectivity index (χ0v) is 17.6. The summed E-state index contributed by atoms with van der Waals surface area (Å²) >= 11 is 0. The fourth-order valence-corrected chi connectivity index (χ4v) is 3.22. The van der Waals surface area contributed by atoms with Gasteiger partial charge in [0.25, 0.3) is 0 Å². The molecule has 1 rings (SSSR count). The highest BCUT2D eigenvalue weighted by atomic mass is 14.7. The van der Waals surface area contributed by atoms with E-state index in [1.54, 1.807) is 0 Å². The Balaban J connectivity index is 3.00. The van der Waals surface area contributed by atoms with Crippen LogP contribution < -0.4 is 0 Å². The van der Waals surface area contributed by atoms with Crippen LogP contribution in [0.3, 0.4) is 0 Å². The topological polar surface area (TPSA) is 12.9 Å². The maximum Gasteiger partial charge on any atom is 0.0665 e. The van der Waals surface area contributed by atoms with Gasteiger partial charge in [-0.1, -0.05) is 77.5 Å². The van der Waals surface area contributed by atoms with Crippen LogP contribution in [0.1, 0.15) is 78.3 Å². The quantitative estimate of drug-likeness (QED) is 0.447. The second kappa shape index (κ2) is 10.4. The van der Waals surface area contributed by atoms with E-state index in [0.29, 0.717) is 11.8 Å². The molecule has 0 N–H and O–H groups in total. The number of hydrogen-bond acceptors (Lipinski definition) is 1. The van der Waals surface area contributed by atoms with Crippen LogP contribution in [0.5, 0.6) is 0 Å². The van der Waals surface area contributed by atoms with Gasteiger partial charge in [0, 0.05) is 5.69 Å². The summed E-state index contributed by atoms with van der Waals surface area (Å²) in [7, 11) is 0. The number of allylic oxidation sites excluding steroid dienone is 5. The molecule has 0 radical (unpaired) electrons. The van der Waals surface area contributed by atoms with Gasteiger partial charge in [-0.25, -0.2) is 0 Å². The minimum absolute atomic E-state index is 0.574. The molecule has 1 aromatic heterocycles. The molecule has 1 atom stereocenters. The first-order chi connectivity index (χ1) is 11.7. The summed E-state index contributed by atoms with van der Waals surface area (Å²) in [5.41, 5.74) is 6.06. The van der Waals surface area contributed by atoms with Crippen LogP contribution in [-0.4, -0.2) is 4.98 Å². The van der Waals surface area contributed by atoms with Crippen molar-refractivity contribution in [2.24, 2.45) is 17.8 Å². The standard InChI is InChI=1S/C24H37N/c1-9-22(16-20(7)15-18(4)5)24-13-12-23(21(8)25-24)11-10-19(6)14-17(2)3/h10-13,15-19H,9,14H2,1-8H3/b11-10-,20-15-,22-16+. The first kappa shape index (κ1) is 21.4. The second-order valence-electron chi connectivity index (χ2n) is 8.01. The molecule has 138 valence electrons. The van der Waals surface area contributed by atoms with Crippen molar-refractivity contribution in [3.63, 3.8) is 0 Å². The predicted molar refractivity (Wildman–Crippen MR) is 113 cm³/mol. The van der Waals surface area contributed by atoms with Gasteiger partial charge in [-0.05, 0) is 61.6 Å². The Morgan fingerprint density at radius 2 is 1.80 bits per heavy atom. The van der Waals surface area contributed by atoms with Gasteiger partial charge < -0.3 is 0 Å². The molecule has 1 nitrogen and oxygen atoms in total. The van der Waals surface area contributed by atoms with E-state index in [9.17, 15) is 0 Å². The molecule has 1 aromatic rings. The van der Waals surface area contributed by atoms with Crippen molar-refractivity contribution in [3.05, 3.63) is 52.9 Å². The van der Waals surface area contributed by atoms with Gasteiger partial charge in [0.15, 0.2) is 0 Å². The van der Waals surface area contributed by atoms with Gasteiger partial charge in [-0.2, -0.15) is 0 Å². The summed E-state index contributed by atoms with van der Waals surface area (Å²) in [5, 5.41) is 0. The van der Waals surface area contributed by atoms with E-state index in [1.807, 2.05) is 0 Å². The molecule has 0 aliphatic heterocycles. The first-order valence-corrected chi connectivity index (χ1v) is 9.78. The van der Waals surface area contributed by atoms with E-state index in [4.69, 9.17) is 4.98 Å². The van der Waals surface area contributed by atoms with Crippen LogP contribution >= 0.6 is 0 Å². The molecule has 0 aliphatic rings. The highest BCUT2D eigenvalue weighted by Crippen LogP contribution is 2.22. The number of aryl methyl sites for hydroxylation is 1. The van der Waals surface area contributed by atoms with E-state index in [0.717, 1.165) is 23.7 Å². The van der Waals surface area contributed by atoms with Crippen LogP contribution in [0.15, 0.2) is 35.9 Å². The van der Waals surface area contributed by atoms with Crippen molar-refractivity contribution in [1.29, 1.82) is 0 Å². The second-order valence-corrected chi connectivity index (χ2v) is 8.01. The third kappa shape index (κ3) is 7.86. The summed E-state index contributed by atoms with van der Waals surface area (Å²) in [5.74, 6) is 1.92. The monoisotopic (exact) mass is 339 g/mol. The lowest BCUT2D eigenvalue weighted by molar-refractivity contribution is 0.504. The number of aromatic nitrogens is 1. The van der Waals surface area contributed by atoms with Crippen LogP contribution in [0, 0.1) is 24.7 Å². The first-order valence-electron chi connectivity index (χ1n) is 9.78. The molecule has 25 heavy (non-hydrogen) atoms. The van der Waals surface area contributed by atoms with Crippen LogP contribution in [0.25, 0.3) is 11.6 Å². The van der Waals surface area contributed by atoms with Crippen LogP contribution in [0.4, 0.5) is 0 Å². The molecule has 1 heteroatoms. The minimum atomic E-state index is 0.574. The average Bonchev–Trinajstić information content (AvgIpc) is 2.50. The number of nitrogens with zero attached hydrogens (tertiary/aromatic N) is 1. The van der Waals surface area contributed by atoms with E-state index in [2.05, 4.69) is 91.8 Å². The van der Waals surface area contributed by atoms with Crippen molar-refractivity contribution < 1.29 is 0 Å². The molecule has 0 bridgehead atoms. The summed E-state index contributed by atoms with van der Waals surface area (Å²) < 4.78 is 0. The van der Waals surface area contributed by atoms with Crippen molar-refractivity contribution in [2.45, 2.75) is 68.2 Å². The summed E-state index contributed by atoms with van der Waals surface area (Å²) in [4.78, 5) is 4.87. The highest BCUT2D eigenvalue weighted by molar-refractivity contribution is 5.66. The smallest absolute Gasteiger partial charge is 0.0665 e. The number of hydrogen-bond donors (Lipinski definition) is 0.